The first kappa shape index (κ1) is 11.6. The van der Waals surface area contributed by atoms with Crippen molar-refractivity contribution in [2.45, 2.75) is 13.5 Å². The van der Waals surface area contributed by atoms with Crippen molar-refractivity contribution >= 4 is 5.95 Å². The van der Waals surface area contributed by atoms with Crippen molar-refractivity contribution in [3.63, 3.8) is 0 Å². The van der Waals surface area contributed by atoms with E-state index in [9.17, 15) is 8.78 Å². The number of rotatable bonds is 3. The van der Waals surface area contributed by atoms with Crippen LogP contribution >= 0.6 is 0 Å². The molecular formula is C12H13F2N3. The third kappa shape index (κ3) is 2.61. The van der Waals surface area contributed by atoms with Gasteiger partial charge in [0.2, 0.25) is 5.95 Å². The number of benzene rings is 1. The van der Waals surface area contributed by atoms with Crippen LogP contribution in [-0.2, 0) is 13.6 Å². The van der Waals surface area contributed by atoms with Gasteiger partial charge in [0.05, 0.1) is 5.69 Å². The molecule has 0 atom stereocenters. The zero-order chi connectivity index (χ0) is 12.4. The number of aryl methyl sites for hydroxylation is 2. The van der Waals surface area contributed by atoms with Crippen molar-refractivity contribution in [2.24, 2.45) is 7.05 Å². The Morgan fingerprint density at radius 3 is 2.76 bits per heavy atom. The minimum Gasteiger partial charge on any atom is -0.351 e. The summed E-state index contributed by atoms with van der Waals surface area (Å²) in [5, 5.41) is 2.96. The lowest BCUT2D eigenvalue weighted by Crippen LogP contribution is -2.06. The van der Waals surface area contributed by atoms with Crippen LogP contribution in [0.5, 0.6) is 0 Å². The van der Waals surface area contributed by atoms with E-state index in [0.717, 1.165) is 17.8 Å². The summed E-state index contributed by atoms with van der Waals surface area (Å²) >= 11 is 0. The molecule has 1 aromatic heterocycles. The largest absolute Gasteiger partial charge is 0.351 e. The Labute approximate surface area is 98.1 Å². The van der Waals surface area contributed by atoms with Crippen LogP contribution in [0.15, 0.2) is 24.4 Å². The minimum atomic E-state index is -0.445. The molecule has 1 N–H and O–H groups in total. The second kappa shape index (κ2) is 4.53. The number of anilines is 1. The molecule has 1 heterocycles. The molecule has 0 fully saturated rings. The lowest BCUT2D eigenvalue weighted by Gasteiger charge is -2.07. The monoisotopic (exact) mass is 237 g/mol. The zero-order valence-electron chi connectivity index (χ0n) is 9.67. The molecule has 0 radical (unpaired) electrons. The molecule has 0 unspecified atom stereocenters. The van der Waals surface area contributed by atoms with Gasteiger partial charge in [0.25, 0.3) is 0 Å². The SMILES string of the molecule is Cc1cn(C)c(NCc2cc(F)ccc2F)n1. The van der Waals surface area contributed by atoms with Gasteiger partial charge in [-0.25, -0.2) is 13.8 Å². The van der Waals surface area contributed by atoms with Crippen molar-refractivity contribution in [3.8, 4) is 0 Å². The first-order valence-corrected chi connectivity index (χ1v) is 5.24. The van der Waals surface area contributed by atoms with E-state index in [2.05, 4.69) is 10.3 Å². The smallest absolute Gasteiger partial charge is 0.203 e. The fourth-order valence-corrected chi connectivity index (χ4v) is 1.63. The van der Waals surface area contributed by atoms with E-state index < -0.39 is 11.6 Å². The van der Waals surface area contributed by atoms with Gasteiger partial charge in [-0.2, -0.15) is 0 Å². The molecule has 1 aromatic carbocycles. The summed E-state index contributed by atoms with van der Waals surface area (Å²) in [5.41, 5.74) is 1.15. The molecule has 5 heteroatoms. The zero-order valence-corrected chi connectivity index (χ0v) is 9.67. The molecule has 3 nitrogen and oxygen atoms in total. The third-order valence-electron chi connectivity index (χ3n) is 2.44. The predicted octanol–water partition coefficient (Wildman–Crippen LogP) is 2.62. The summed E-state index contributed by atoms with van der Waals surface area (Å²) < 4.78 is 28.1. The van der Waals surface area contributed by atoms with Crippen LogP contribution in [0.4, 0.5) is 14.7 Å². The maximum atomic E-state index is 13.3. The third-order valence-corrected chi connectivity index (χ3v) is 2.44. The van der Waals surface area contributed by atoms with Gasteiger partial charge in [-0.3, -0.25) is 0 Å². The number of nitrogens with zero attached hydrogens (tertiary/aromatic N) is 2. The van der Waals surface area contributed by atoms with Crippen molar-refractivity contribution in [2.75, 3.05) is 5.32 Å². The van der Waals surface area contributed by atoms with Gasteiger partial charge >= 0.3 is 0 Å². The molecule has 0 bridgehead atoms. The first-order chi connectivity index (χ1) is 8.06. The number of imidazole rings is 1. The highest BCUT2D eigenvalue weighted by atomic mass is 19.1. The van der Waals surface area contributed by atoms with Gasteiger partial charge in [0.15, 0.2) is 0 Å². The summed E-state index contributed by atoms with van der Waals surface area (Å²) in [5.74, 6) is -0.241. The van der Waals surface area contributed by atoms with E-state index in [4.69, 9.17) is 0 Å². The van der Waals surface area contributed by atoms with Crippen LogP contribution in [0, 0.1) is 18.6 Å². The molecule has 2 aromatic rings. The molecule has 0 aliphatic heterocycles. The maximum absolute atomic E-state index is 13.3. The molecule has 0 amide bonds. The van der Waals surface area contributed by atoms with Crippen LogP contribution in [0.25, 0.3) is 0 Å². The molecule has 0 saturated heterocycles. The molecule has 2 rings (SSSR count). The number of aromatic nitrogens is 2. The summed E-state index contributed by atoms with van der Waals surface area (Å²) in [6.45, 7) is 2.07. The van der Waals surface area contributed by atoms with E-state index in [1.165, 1.54) is 6.07 Å². The van der Waals surface area contributed by atoms with E-state index >= 15 is 0 Å². The Hall–Kier alpha value is -1.91. The van der Waals surface area contributed by atoms with Crippen LogP contribution in [0.3, 0.4) is 0 Å². The molecule has 0 saturated carbocycles. The molecular weight excluding hydrogens is 224 g/mol. The average molecular weight is 237 g/mol. The summed E-state index contributed by atoms with van der Waals surface area (Å²) in [6, 6.07) is 3.40. The Morgan fingerprint density at radius 1 is 1.35 bits per heavy atom. The van der Waals surface area contributed by atoms with E-state index in [1.807, 2.05) is 20.2 Å². The van der Waals surface area contributed by atoms with Gasteiger partial charge in [-0.15, -0.1) is 0 Å². The average Bonchev–Trinajstić information content (AvgIpc) is 2.59. The lowest BCUT2D eigenvalue weighted by atomic mass is 10.2. The Balaban J connectivity index is 2.12. The summed E-state index contributed by atoms with van der Waals surface area (Å²) in [7, 11) is 1.84. The summed E-state index contributed by atoms with van der Waals surface area (Å²) in [6.07, 6.45) is 1.85. The van der Waals surface area contributed by atoms with Crippen LogP contribution in [0.1, 0.15) is 11.3 Å². The first-order valence-electron chi connectivity index (χ1n) is 5.24. The second-order valence-corrected chi connectivity index (χ2v) is 3.91. The quantitative estimate of drug-likeness (QED) is 0.889. The molecule has 0 aliphatic rings. The molecule has 0 aliphatic carbocycles. The van der Waals surface area contributed by atoms with Crippen LogP contribution in [0.2, 0.25) is 0 Å². The Morgan fingerprint density at radius 2 is 2.12 bits per heavy atom. The van der Waals surface area contributed by atoms with Gasteiger partial charge < -0.3 is 9.88 Å². The molecule has 0 spiro atoms. The van der Waals surface area contributed by atoms with Crippen molar-refractivity contribution in [3.05, 3.63) is 47.3 Å². The fourth-order valence-electron chi connectivity index (χ4n) is 1.63. The van der Waals surface area contributed by atoms with Gasteiger partial charge in [0.1, 0.15) is 11.6 Å². The Bertz CT molecular complexity index is 535. The van der Waals surface area contributed by atoms with Crippen molar-refractivity contribution < 1.29 is 8.78 Å². The number of hydrogen-bond donors (Lipinski definition) is 1. The highest BCUT2D eigenvalue weighted by Crippen LogP contribution is 2.12. The van der Waals surface area contributed by atoms with E-state index in [0.29, 0.717) is 5.95 Å². The molecule has 17 heavy (non-hydrogen) atoms. The standard InChI is InChI=1S/C12H13F2N3/c1-8-7-17(2)12(16-8)15-6-9-5-10(13)3-4-11(9)14/h3-5,7H,6H2,1-2H3,(H,15,16). The number of hydrogen-bond acceptors (Lipinski definition) is 2. The lowest BCUT2D eigenvalue weighted by molar-refractivity contribution is 0.587. The van der Waals surface area contributed by atoms with Crippen molar-refractivity contribution in [1.29, 1.82) is 0 Å². The predicted molar refractivity (Wildman–Crippen MR) is 61.6 cm³/mol. The van der Waals surface area contributed by atoms with Crippen LogP contribution in [-0.4, -0.2) is 9.55 Å². The highest BCUT2D eigenvalue weighted by molar-refractivity contribution is 5.31. The van der Waals surface area contributed by atoms with Gasteiger partial charge in [-0.1, -0.05) is 0 Å². The normalized spacial score (nSPS) is 10.6. The highest BCUT2D eigenvalue weighted by Gasteiger charge is 2.06. The van der Waals surface area contributed by atoms with E-state index in [-0.39, 0.29) is 12.1 Å². The number of halogens is 2. The second-order valence-electron chi connectivity index (χ2n) is 3.91. The van der Waals surface area contributed by atoms with Crippen LogP contribution < -0.4 is 5.32 Å². The van der Waals surface area contributed by atoms with Gasteiger partial charge in [-0.05, 0) is 25.1 Å². The topological polar surface area (TPSA) is 29.9 Å². The molecule has 90 valence electrons. The maximum Gasteiger partial charge on any atom is 0.203 e. The Kier molecular flexibility index (Phi) is 3.08. The van der Waals surface area contributed by atoms with Crippen molar-refractivity contribution in [1.82, 2.24) is 9.55 Å². The van der Waals surface area contributed by atoms with E-state index in [1.54, 1.807) is 4.57 Å². The summed E-state index contributed by atoms with van der Waals surface area (Å²) in [4.78, 5) is 4.21. The fraction of sp³-hybridized carbons (Fsp3) is 0.250. The minimum absolute atomic E-state index is 0.202. The van der Waals surface area contributed by atoms with Gasteiger partial charge in [0, 0.05) is 25.4 Å². The number of nitrogens with one attached hydrogen (secondary N) is 1.